The van der Waals surface area contributed by atoms with Crippen LogP contribution in [0.4, 0.5) is 4.79 Å². The van der Waals surface area contributed by atoms with Crippen LogP contribution >= 0.6 is 0 Å². The summed E-state index contributed by atoms with van der Waals surface area (Å²) in [7, 11) is 0. The van der Waals surface area contributed by atoms with Gasteiger partial charge in [-0.05, 0) is 52.1 Å². The minimum absolute atomic E-state index is 0.214. The lowest BCUT2D eigenvalue weighted by atomic mass is 10.2. The molecule has 0 radical (unpaired) electrons. The first kappa shape index (κ1) is 25.9. The van der Waals surface area contributed by atoms with E-state index in [2.05, 4.69) is 26.4 Å². The molecular formula is C18H39N7O3. The van der Waals surface area contributed by atoms with E-state index in [0.29, 0.717) is 13.1 Å². The quantitative estimate of drug-likeness (QED) is 0.0620. The van der Waals surface area contributed by atoms with Crippen molar-refractivity contribution >= 4 is 18.3 Å². The Bertz CT molecular complexity index is 420. The summed E-state index contributed by atoms with van der Waals surface area (Å²) in [6, 6.07) is 0.214. The summed E-state index contributed by atoms with van der Waals surface area (Å²) in [6.07, 6.45) is 7.65. The van der Waals surface area contributed by atoms with Gasteiger partial charge in [0.15, 0.2) is 6.61 Å². The van der Waals surface area contributed by atoms with Crippen molar-refractivity contribution in [3.8, 4) is 0 Å². The molecule has 0 heterocycles. The van der Waals surface area contributed by atoms with E-state index in [9.17, 15) is 9.59 Å². The molecule has 0 saturated heterocycles. The van der Waals surface area contributed by atoms with Crippen molar-refractivity contribution < 1.29 is 14.3 Å². The highest BCUT2D eigenvalue weighted by Crippen LogP contribution is 1.97. The van der Waals surface area contributed by atoms with Gasteiger partial charge in [-0.3, -0.25) is 4.79 Å². The summed E-state index contributed by atoms with van der Waals surface area (Å²) in [6.45, 7) is 5.47. The monoisotopic (exact) mass is 401 g/mol. The number of nitrogens with one attached hydrogen (secondary N) is 4. The minimum atomic E-state index is -0.561. The second kappa shape index (κ2) is 19.7. The molecule has 0 unspecified atom stereocenters. The van der Waals surface area contributed by atoms with Crippen molar-refractivity contribution in [3.63, 3.8) is 0 Å². The van der Waals surface area contributed by atoms with E-state index in [-0.39, 0.29) is 18.6 Å². The Balaban J connectivity index is 3.36. The van der Waals surface area contributed by atoms with Crippen LogP contribution in [0.5, 0.6) is 0 Å². The van der Waals surface area contributed by atoms with E-state index in [1.165, 1.54) is 6.34 Å². The molecule has 0 aromatic heterocycles. The van der Waals surface area contributed by atoms with Crippen LogP contribution in [0.2, 0.25) is 0 Å². The van der Waals surface area contributed by atoms with Gasteiger partial charge in [-0.2, -0.15) is 5.10 Å². The number of ether oxygens (including phenoxy) is 1. The molecular weight excluding hydrogens is 362 g/mol. The van der Waals surface area contributed by atoms with Crippen LogP contribution in [0.25, 0.3) is 0 Å². The van der Waals surface area contributed by atoms with E-state index < -0.39 is 6.09 Å². The van der Waals surface area contributed by atoms with Crippen LogP contribution in [-0.2, 0) is 9.53 Å². The first-order valence-electron chi connectivity index (χ1n) is 10.1. The lowest BCUT2D eigenvalue weighted by molar-refractivity contribution is -0.123. The number of nitrogens with zero attached hydrogens (tertiary/aromatic N) is 1. The van der Waals surface area contributed by atoms with E-state index in [0.717, 1.165) is 64.6 Å². The third kappa shape index (κ3) is 20.2. The molecule has 0 aromatic carbocycles. The van der Waals surface area contributed by atoms with Gasteiger partial charge in [0.1, 0.15) is 6.34 Å². The molecule has 0 aliphatic carbocycles. The molecule has 0 aliphatic rings. The number of hydrogen-bond donors (Lipinski definition) is 6. The van der Waals surface area contributed by atoms with Gasteiger partial charge in [-0.1, -0.05) is 12.8 Å². The van der Waals surface area contributed by atoms with Crippen molar-refractivity contribution in [1.82, 2.24) is 21.3 Å². The van der Waals surface area contributed by atoms with Crippen LogP contribution in [0.3, 0.4) is 0 Å². The predicted molar refractivity (Wildman–Crippen MR) is 112 cm³/mol. The Morgan fingerprint density at radius 2 is 1.61 bits per heavy atom. The zero-order valence-corrected chi connectivity index (χ0v) is 17.2. The maximum absolute atomic E-state index is 11.6. The third-order valence-electron chi connectivity index (χ3n) is 3.90. The van der Waals surface area contributed by atoms with Crippen LogP contribution in [-0.4, -0.2) is 63.7 Å². The minimum Gasteiger partial charge on any atom is -0.439 e. The fourth-order valence-electron chi connectivity index (χ4n) is 2.30. The highest BCUT2D eigenvalue weighted by atomic mass is 16.6. The lowest BCUT2D eigenvalue weighted by Gasteiger charge is -2.09. The van der Waals surface area contributed by atoms with Gasteiger partial charge in [-0.25, -0.2) is 4.79 Å². The first-order valence-corrected chi connectivity index (χ1v) is 10.1. The van der Waals surface area contributed by atoms with E-state index in [1.807, 2.05) is 6.92 Å². The number of carbonyl (C=O) groups is 2. The molecule has 0 aliphatic heterocycles. The summed E-state index contributed by atoms with van der Waals surface area (Å²) in [5.41, 5.74) is 5.66. The summed E-state index contributed by atoms with van der Waals surface area (Å²) in [5.74, 6) is 4.68. The maximum atomic E-state index is 11.6. The van der Waals surface area contributed by atoms with Crippen molar-refractivity contribution in [1.29, 1.82) is 0 Å². The molecule has 0 saturated carbocycles. The van der Waals surface area contributed by atoms with Gasteiger partial charge in [-0.15, -0.1) is 0 Å². The summed E-state index contributed by atoms with van der Waals surface area (Å²) >= 11 is 0. The molecule has 0 spiro atoms. The molecule has 0 fully saturated rings. The molecule has 8 N–H and O–H groups in total. The fourth-order valence-corrected chi connectivity index (χ4v) is 2.30. The number of carbonyl (C=O) groups excluding carboxylic acids is 2. The predicted octanol–water partition coefficient (Wildman–Crippen LogP) is -0.0121. The fraction of sp³-hybridized carbons (Fsp3) is 0.833. The van der Waals surface area contributed by atoms with Crippen LogP contribution in [0, 0.1) is 0 Å². The van der Waals surface area contributed by atoms with E-state index in [1.54, 1.807) is 0 Å². The number of rotatable bonds is 18. The highest BCUT2D eigenvalue weighted by Gasteiger charge is 2.06. The normalized spacial score (nSPS) is 11.9. The number of alkyl carbamates (subject to hydrolysis) is 1. The average molecular weight is 402 g/mol. The summed E-state index contributed by atoms with van der Waals surface area (Å²) in [4.78, 5) is 23.1. The third-order valence-corrected chi connectivity index (χ3v) is 3.90. The van der Waals surface area contributed by atoms with Crippen molar-refractivity contribution in [3.05, 3.63) is 0 Å². The molecule has 1 atom stereocenters. The van der Waals surface area contributed by atoms with Crippen LogP contribution in [0.1, 0.15) is 51.9 Å². The molecule has 0 bridgehead atoms. The standard InChI is InChI=1S/C18H39N7O3/c1-16(19)8-13-21-9-6-7-12-24-18(27)28-14-17(26)23-11-5-3-2-4-10-22-15-25-20/h15-16,21H,2-14,19-20H2,1H3,(H,22,25)(H,23,26)(H,24,27)/t16-/m1/s1. The number of nitrogens with two attached hydrogens (primary N) is 2. The Labute approximate surface area is 168 Å². The molecule has 2 amide bonds. The summed E-state index contributed by atoms with van der Waals surface area (Å²) in [5, 5.41) is 15.0. The number of unbranched alkanes of at least 4 members (excludes halogenated alkanes) is 4. The Morgan fingerprint density at radius 3 is 2.32 bits per heavy atom. The van der Waals surface area contributed by atoms with Gasteiger partial charge in [0.05, 0.1) is 0 Å². The number of amides is 2. The zero-order valence-electron chi connectivity index (χ0n) is 17.2. The smallest absolute Gasteiger partial charge is 0.407 e. The molecule has 28 heavy (non-hydrogen) atoms. The van der Waals surface area contributed by atoms with Crippen molar-refractivity contribution in [2.75, 3.05) is 39.3 Å². The Kier molecular flexibility index (Phi) is 18.2. The number of hydrazone groups is 1. The largest absolute Gasteiger partial charge is 0.439 e. The molecule has 0 rings (SSSR count). The van der Waals surface area contributed by atoms with Gasteiger partial charge < -0.3 is 37.6 Å². The highest BCUT2D eigenvalue weighted by molar-refractivity contribution is 5.79. The van der Waals surface area contributed by atoms with Crippen LogP contribution < -0.4 is 32.8 Å². The van der Waals surface area contributed by atoms with Crippen molar-refractivity contribution in [2.45, 2.75) is 57.9 Å². The van der Waals surface area contributed by atoms with E-state index >= 15 is 0 Å². The SMILES string of the molecule is C[C@@H](N)CCNCCCCNC(=O)OCC(=O)NCCCCCCNC=NN. The average Bonchev–Trinajstić information content (AvgIpc) is 2.66. The Morgan fingerprint density at radius 1 is 0.964 bits per heavy atom. The first-order chi connectivity index (χ1) is 13.6. The van der Waals surface area contributed by atoms with E-state index in [4.69, 9.17) is 16.3 Å². The van der Waals surface area contributed by atoms with Gasteiger partial charge in [0, 0.05) is 25.7 Å². The van der Waals surface area contributed by atoms with Gasteiger partial charge in [0.25, 0.3) is 5.91 Å². The maximum Gasteiger partial charge on any atom is 0.407 e. The summed E-state index contributed by atoms with van der Waals surface area (Å²) < 4.78 is 4.89. The van der Waals surface area contributed by atoms with Gasteiger partial charge >= 0.3 is 6.09 Å². The van der Waals surface area contributed by atoms with Crippen LogP contribution in [0.15, 0.2) is 5.10 Å². The lowest BCUT2D eigenvalue weighted by Crippen LogP contribution is -2.33. The van der Waals surface area contributed by atoms with Crippen molar-refractivity contribution in [2.24, 2.45) is 16.7 Å². The topological polar surface area (TPSA) is 156 Å². The Hall–Kier alpha value is -2.07. The second-order valence-electron chi connectivity index (χ2n) is 6.72. The molecule has 0 aromatic rings. The number of hydrogen-bond acceptors (Lipinski definition) is 7. The van der Waals surface area contributed by atoms with Gasteiger partial charge in [0.2, 0.25) is 0 Å². The zero-order chi connectivity index (χ0) is 20.9. The molecule has 10 heteroatoms. The molecule has 164 valence electrons. The second-order valence-corrected chi connectivity index (χ2v) is 6.72. The molecule has 10 nitrogen and oxygen atoms in total.